The molecule has 1 aromatic rings. The van der Waals surface area contributed by atoms with Gasteiger partial charge < -0.3 is 10.6 Å². The van der Waals surface area contributed by atoms with Crippen molar-refractivity contribution >= 4 is 34.4 Å². The monoisotopic (exact) mass is 376 g/mol. The standard InChI is InChI=1S/C12H17IN4O2/c1-8(17-7-9(13)6-15-17)12(19)14-5-4-11(18)16-10-2-3-10/h6-8,10H,2-5H2,1H3,(H,14,19)(H,16,18). The Morgan fingerprint density at radius 3 is 2.89 bits per heavy atom. The average molecular weight is 376 g/mol. The first-order valence-corrected chi connectivity index (χ1v) is 7.41. The normalized spacial score (nSPS) is 15.9. The maximum atomic E-state index is 11.9. The van der Waals surface area contributed by atoms with Crippen LogP contribution in [0.25, 0.3) is 0 Å². The van der Waals surface area contributed by atoms with Crippen LogP contribution in [0.5, 0.6) is 0 Å². The number of nitrogens with zero attached hydrogens (tertiary/aromatic N) is 2. The highest BCUT2D eigenvalue weighted by atomic mass is 127. The summed E-state index contributed by atoms with van der Waals surface area (Å²) in [7, 11) is 0. The minimum atomic E-state index is -0.366. The second-order valence-electron chi connectivity index (χ2n) is 4.70. The van der Waals surface area contributed by atoms with Gasteiger partial charge in [-0.2, -0.15) is 5.10 Å². The van der Waals surface area contributed by atoms with Gasteiger partial charge in [0.2, 0.25) is 11.8 Å². The predicted octanol–water partition coefficient (Wildman–Crippen LogP) is 0.834. The van der Waals surface area contributed by atoms with Crippen LogP contribution in [0.4, 0.5) is 0 Å². The average Bonchev–Trinajstić information content (AvgIpc) is 3.07. The molecule has 2 N–H and O–H groups in total. The molecule has 1 atom stereocenters. The molecule has 1 aliphatic rings. The van der Waals surface area contributed by atoms with Gasteiger partial charge in [0.05, 0.1) is 9.77 Å². The molecule has 1 aromatic heterocycles. The largest absolute Gasteiger partial charge is 0.354 e. The molecule has 0 aromatic carbocycles. The van der Waals surface area contributed by atoms with Gasteiger partial charge in [-0.05, 0) is 42.4 Å². The topological polar surface area (TPSA) is 76.0 Å². The lowest BCUT2D eigenvalue weighted by Gasteiger charge is -2.12. The van der Waals surface area contributed by atoms with E-state index in [0.29, 0.717) is 19.0 Å². The summed E-state index contributed by atoms with van der Waals surface area (Å²) in [5, 5.41) is 9.73. The Hall–Kier alpha value is -1.12. The van der Waals surface area contributed by atoms with Crippen molar-refractivity contribution in [3.63, 3.8) is 0 Å². The summed E-state index contributed by atoms with van der Waals surface area (Å²) in [6, 6.07) is 0.00304. The Bertz CT molecular complexity index is 470. The van der Waals surface area contributed by atoms with Crippen molar-refractivity contribution in [2.45, 2.75) is 38.3 Å². The molecule has 0 aliphatic heterocycles. The maximum absolute atomic E-state index is 11.9. The number of aromatic nitrogens is 2. The van der Waals surface area contributed by atoms with Crippen molar-refractivity contribution in [1.82, 2.24) is 20.4 Å². The van der Waals surface area contributed by atoms with Crippen LogP contribution < -0.4 is 10.6 Å². The summed E-state index contributed by atoms with van der Waals surface area (Å²) in [4.78, 5) is 23.3. The van der Waals surface area contributed by atoms with Crippen molar-refractivity contribution in [1.29, 1.82) is 0 Å². The van der Waals surface area contributed by atoms with Crippen molar-refractivity contribution in [2.24, 2.45) is 0 Å². The van der Waals surface area contributed by atoms with Crippen molar-refractivity contribution in [2.75, 3.05) is 6.54 Å². The van der Waals surface area contributed by atoms with Crippen molar-refractivity contribution in [3.05, 3.63) is 16.0 Å². The van der Waals surface area contributed by atoms with E-state index in [-0.39, 0.29) is 17.9 Å². The lowest BCUT2D eigenvalue weighted by Crippen LogP contribution is -2.35. The number of hydrogen-bond acceptors (Lipinski definition) is 3. The fraction of sp³-hybridized carbons (Fsp3) is 0.583. The quantitative estimate of drug-likeness (QED) is 0.723. The van der Waals surface area contributed by atoms with Crippen LogP contribution >= 0.6 is 22.6 Å². The molecule has 0 spiro atoms. The zero-order valence-electron chi connectivity index (χ0n) is 10.7. The van der Waals surface area contributed by atoms with Crippen LogP contribution in [-0.4, -0.2) is 34.2 Å². The Morgan fingerprint density at radius 1 is 1.58 bits per heavy atom. The van der Waals surface area contributed by atoms with E-state index < -0.39 is 0 Å². The van der Waals surface area contributed by atoms with E-state index in [0.717, 1.165) is 16.4 Å². The minimum absolute atomic E-state index is 0.00379. The van der Waals surface area contributed by atoms with Crippen LogP contribution in [0, 0.1) is 3.57 Å². The van der Waals surface area contributed by atoms with Crippen LogP contribution in [-0.2, 0) is 9.59 Å². The molecule has 104 valence electrons. The lowest BCUT2D eigenvalue weighted by atomic mass is 10.3. The molecule has 7 heteroatoms. The first-order valence-electron chi connectivity index (χ1n) is 6.33. The van der Waals surface area contributed by atoms with E-state index in [2.05, 4.69) is 38.3 Å². The summed E-state index contributed by atoms with van der Waals surface area (Å²) in [6.07, 6.45) is 5.99. The van der Waals surface area contributed by atoms with E-state index in [1.54, 1.807) is 17.8 Å². The minimum Gasteiger partial charge on any atom is -0.354 e. The van der Waals surface area contributed by atoms with Gasteiger partial charge in [0.25, 0.3) is 0 Å². The number of hydrogen-bond donors (Lipinski definition) is 2. The smallest absolute Gasteiger partial charge is 0.244 e. The SMILES string of the molecule is CC(C(=O)NCCC(=O)NC1CC1)n1cc(I)cn1. The van der Waals surface area contributed by atoms with Crippen LogP contribution in [0.3, 0.4) is 0 Å². The molecule has 0 saturated heterocycles. The van der Waals surface area contributed by atoms with Gasteiger partial charge in [-0.1, -0.05) is 0 Å². The fourth-order valence-corrected chi connectivity index (χ4v) is 2.03. The Kier molecular flexibility index (Phi) is 4.78. The van der Waals surface area contributed by atoms with Crippen LogP contribution in [0.15, 0.2) is 12.4 Å². The first kappa shape index (κ1) is 14.3. The fourth-order valence-electron chi connectivity index (χ4n) is 1.62. The molecule has 1 fully saturated rings. The van der Waals surface area contributed by atoms with Gasteiger partial charge in [0, 0.05) is 25.2 Å². The van der Waals surface area contributed by atoms with E-state index in [1.165, 1.54) is 0 Å². The van der Waals surface area contributed by atoms with Crippen LogP contribution in [0.1, 0.15) is 32.2 Å². The molecular formula is C12H17IN4O2. The second-order valence-corrected chi connectivity index (χ2v) is 5.94. The lowest BCUT2D eigenvalue weighted by molar-refractivity contribution is -0.124. The zero-order valence-corrected chi connectivity index (χ0v) is 12.9. The van der Waals surface area contributed by atoms with Gasteiger partial charge in [-0.25, -0.2) is 0 Å². The van der Waals surface area contributed by atoms with Gasteiger partial charge in [0.15, 0.2) is 0 Å². The summed E-state index contributed by atoms with van der Waals surface area (Å²) in [5.41, 5.74) is 0. The highest BCUT2D eigenvalue weighted by Gasteiger charge is 2.23. The number of halogens is 1. The number of amides is 2. The van der Waals surface area contributed by atoms with E-state index >= 15 is 0 Å². The summed E-state index contributed by atoms with van der Waals surface area (Å²) >= 11 is 2.14. The Balaban J connectivity index is 1.69. The molecule has 2 rings (SSSR count). The highest BCUT2D eigenvalue weighted by molar-refractivity contribution is 14.1. The summed E-state index contributed by atoms with van der Waals surface area (Å²) in [5.74, 6) is -0.122. The van der Waals surface area contributed by atoms with Crippen molar-refractivity contribution < 1.29 is 9.59 Å². The molecule has 19 heavy (non-hydrogen) atoms. The zero-order chi connectivity index (χ0) is 13.8. The molecule has 1 heterocycles. The Labute approximate surface area is 125 Å². The molecule has 0 bridgehead atoms. The van der Waals surface area contributed by atoms with E-state index in [1.807, 2.05) is 6.20 Å². The molecule has 6 nitrogen and oxygen atoms in total. The van der Waals surface area contributed by atoms with Gasteiger partial charge in [-0.15, -0.1) is 0 Å². The Morgan fingerprint density at radius 2 is 2.32 bits per heavy atom. The second kappa shape index (κ2) is 6.36. The predicted molar refractivity (Wildman–Crippen MR) is 78.4 cm³/mol. The third kappa shape index (κ3) is 4.48. The van der Waals surface area contributed by atoms with Gasteiger partial charge in [-0.3, -0.25) is 14.3 Å². The number of nitrogens with one attached hydrogen (secondary N) is 2. The first-order chi connectivity index (χ1) is 9.06. The summed E-state index contributed by atoms with van der Waals surface area (Å²) < 4.78 is 2.60. The number of rotatable bonds is 6. The number of carbonyl (C=O) groups excluding carboxylic acids is 2. The van der Waals surface area contributed by atoms with E-state index in [9.17, 15) is 9.59 Å². The molecule has 2 amide bonds. The van der Waals surface area contributed by atoms with Gasteiger partial charge in [0.1, 0.15) is 6.04 Å². The van der Waals surface area contributed by atoms with Crippen molar-refractivity contribution in [3.8, 4) is 0 Å². The molecule has 0 radical (unpaired) electrons. The molecular weight excluding hydrogens is 359 g/mol. The maximum Gasteiger partial charge on any atom is 0.244 e. The molecule has 1 unspecified atom stereocenters. The summed E-state index contributed by atoms with van der Waals surface area (Å²) in [6.45, 7) is 2.14. The van der Waals surface area contributed by atoms with E-state index in [4.69, 9.17) is 0 Å². The third-order valence-corrected chi connectivity index (χ3v) is 3.50. The molecule has 1 aliphatic carbocycles. The van der Waals surface area contributed by atoms with Gasteiger partial charge >= 0.3 is 0 Å². The number of carbonyl (C=O) groups is 2. The van der Waals surface area contributed by atoms with Crippen LogP contribution in [0.2, 0.25) is 0 Å². The highest BCUT2D eigenvalue weighted by Crippen LogP contribution is 2.18. The third-order valence-electron chi connectivity index (χ3n) is 2.94. The molecule has 1 saturated carbocycles.